The number of aromatic nitrogens is 2. The Hall–Kier alpha value is -2.51. The Morgan fingerprint density at radius 3 is 2.85 bits per heavy atom. The van der Waals surface area contributed by atoms with E-state index in [-0.39, 0.29) is 17.5 Å². The third kappa shape index (κ3) is 2.96. The van der Waals surface area contributed by atoms with Gasteiger partial charge in [0.1, 0.15) is 10.7 Å². The molecule has 1 aliphatic heterocycles. The lowest BCUT2D eigenvalue weighted by Crippen LogP contribution is -2.35. The molecule has 0 saturated heterocycles. The Balaban J connectivity index is 1.80. The van der Waals surface area contributed by atoms with Crippen LogP contribution in [0.3, 0.4) is 0 Å². The standard InChI is InChI=1S/C20H22N4O2S/c1-11-9-13-7-5-6-8-14(13)24(11)20(26)17-12(2)16-18(25)21-15(10-23(3)4)22-19(16)27-17/h5-8,11H,9-10H2,1-4H3,(H,21,22,25). The van der Waals surface area contributed by atoms with Crippen LogP contribution >= 0.6 is 11.3 Å². The number of nitrogens with zero attached hydrogens (tertiary/aromatic N) is 3. The summed E-state index contributed by atoms with van der Waals surface area (Å²) in [5.41, 5.74) is 2.67. The van der Waals surface area contributed by atoms with Crippen molar-refractivity contribution in [3.63, 3.8) is 0 Å². The predicted octanol–water partition coefficient (Wildman–Crippen LogP) is 2.95. The van der Waals surface area contributed by atoms with E-state index in [1.54, 1.807) is 0 Å². The molecule has 1 aromatic carbocycles. The van der Waals surface area contributed by atoms with Crippen molar-refractivity contribution in [2.75, 3.05) is 19.0 Å². The highest BCUT2D eigenvalue weighted by Crippen LogP contribution is 2.36. The van der Waals surface area contributed by atoms with Gasteiger partial charge in [-0.25, -0.2) is 4.98 Å². The normalized spacial score (nSPS) is 16.3. The number of para-hydroxylation sites is 1. The van der Waals surface area contributed by atoms with Crippen LogP contribution in [0.2, 0.25) is 0 Å². The summed E-state index contributed by atoms with van der Waals surface area (Å²) >= 11 is 1.31. The molecule has 0 aliphatic carbocycles. The van der Waals surface area contributed by atoms with Gasteiger partial charge in [0.15, 0.2) is 0 Å². The molecular weight excluding hydrogens is 360 g/mol. The van der Waals surface area contributed by atoms with Crippen LogP contribution in [0, 0.1) is 6.92 Å². The first-order valence-electron chi connectivity index (χ1n) is 8.95. The third-order valence-corrected chi connectivity index (χ3v) is 6.11. The van der Waals surface area contributed by atoms with Crippen LogP contribution < -0.4 is 10.5 Å². The van der Waals surface area contributed by atoms with E-state index in [2.05, 4.69) is 23.0 Å². The number of fused-ring (bicyclic) bond motifs is 2. The molecule has 27 heavy (non-hydrogen) atoms. The second-order valence-corrected chi connectivity index (χ2v) is 8.34. The zero-order valence-corrected chi connectivity index (χ0v) is 16.7. The Bertz CT molecular complexity index is 1100. The number of hydrogen-bond acceptors (Lipinski definition) is 5. The van der Waals surface area contributed by atoms with Crippen LogP contribution in [0.4, 0.5) is 5.69 Å². The van der Waals surface area contributed by atoms with Gasteiger partial charge in [-0.2, -0.15) is 0 Å². The quantitative estimate of drug-likeness (QED) is 0.756. The van der Waals surface area contributed by atoms with Gasteiger partial charge in [-0.1, -0.05) is 18.2 Å². The number of benzene rings is 1. The monoisotopic (exact) mass is 382 g/mol. The van der Waals surface area contributed by atoms with Crippen LogP contribution in [-0.4, -0.2) is 40.9 Å². The Labute approximate surface area is 161 Å². The van der Waals surface area contributed by atoms with E-state index in [4.69, 9.17) is 0 Å². The number of carbonyl (C=O) groups is 1. The van der Waals surface area contributed by atoms with Crippen LogP contribution in [0.25, 0.3) is 10.2 Å². The van der Waals surface area contributed by atoms with Crippen molar-refractivity contribution >= 4 is 33.1 Å². The number of anilines is 1. The maximum Gasteiger partial charge on any atom is 0.268 e. The fraction of sp³-hybridized carbons (Fsp3) is 0.350. The highest BCUT2D eigenvalue weighted by molar-refractivity contribution is 7.20. The summed E-state index contributed by atoms with van der Waals surface area (Å²) in [6.45, 7) is 4.43. The first-order chi connectivity index (χ1) is 12.9. The first-order valence-corrected chi connectivity index (χ1v) is 9.77. The van der Waals surface area contributed by atoms with E-state index >= 15 is 0 Å². The largest absolute Gasteiger partial charge is 0.309 e. The van der Waals surface area contributed by atoms with Crippen molar-refractivity contribution in [1.82, 2.24) is 14.9 Å². The molecule has 140 valence electrons. The number of thiophene rings is 1. The van der Waals surface area contributed by atoms with Gasteiger partial charge >= 0.3 is 0 Å². The molecule has 6 nitrogen and oxygen atoms in total. The molecule has 1 unspecified atom stereocenters. The molecule has 0 bridgehead atoms. The molecule has 7 heteroatoms. The lowest BCUT2D eigenvalue weighted by molar-refractivity contribution is 0.0985. The van der Waals surface area contributed by atoms with Crippen LogP contribution in [0.15, 0.2) is 29.1 Å². The van der Waals surface area contributed by atoms with Crippen molar-refractivity contribution in [1.29, 1.82) is 0 Å². The Morgan fingerprint density at radius 1 is 1.37 bits per heavy atom. The fourth-order valence-corrected chi connectivity index (χ4v) is 4.89. The van der Waals surface area contributed by atoms with Gasteiger partial charge in [0, 0.05) is 11.7 Å². The van der Waals surface area contributed by atoms with Crippen molar-refractivity contribution in [3.8, 4) is 0 Å². The number of nitrogens with one attached hydrogen (secondary N) is 1. The molecule has 2 aromatic heterocycles. The van der Waals surface area contributed by atoms with Crippen molar-refractivity contribution in [2.24, 2.45) is 0 Å². The number of H-pyrrole nitrogens is 1. The zero-order chi connectivity index (χ0) is 19.3. The summed E-state index contributed by atoms with van der Waals surface area (Å²) < 4.78 is 0. The fourth-order valence-electron chi connectivity index (χ4n) is 3.75. The van der Waals surface area contributed by atoms with E-state index in [0.29, 0.717) is 33.0 Å². The van der Waals surface area contributed by atoms with E-state index < -0.39 is 0 Å². The molecule has 1 atom stereocenters. The van der Waals surface area contributed by atoms with E-state index in [9.17, 15) is 9.59 Å². The molecule has 3 heterocycles. The molecule has 0 fully saturated rings. The maximum atomic E-state index is 13.4. The van der Waals surface area contributed by atoms with Crippen LogP contribution in [0.5, 0.6) is 0 Å². The zero-order valence-electron chi connectivity index (χ0n) is 15.9. The highest BCUT2D eigenvalue weighted by atomic mass is 32.1. The number of aryl methyl sites for hydroxylation is 1. The summed E-state index contributed by atoms with van der Waals surface area (Å²) in [5, 5.41) is 0.519. The summed E-state index contributed by atoms with van der Waals surface area (Å²) in [6, 6.07) is 8.10. The summed E-state index contributed by atoms with van der Waals surface area (Å²) in [7, 11) is 3.84. The molecule has 0 saturated carbocycles. The van der Waals surface area contributed by atoms with Gasteiger partial charge in [-0.05, 0) is 51.6 Å². The SMILES string of the molecule is Cc1c(C(=O)N2c3ccccc3CC2C)sc2nc(CN(C)C)[nH]c(=O)c12. The number of rotatable bonds is 3. The predicted molar refractivity (Wildman–Crippen MR) is 109 cm³/mol. The molecule has 1 N–H and O–H groups in total. The smallest absolute Gasteiger partial charge is 0.268 e. The number of aromatic amines is 1. The molecule has 0 radical (unpaired) electrons. The van der Waals surface area contributed by atoms with Crippen molar-refractivity contribution in [2.45, 2.75) is 32.9 Å². The Morgan fingerprint density at radius 2 is 2.11 bits per heavy atom. The van der Waals surface area contributed by atoms with Gasteiger partial charge in [-0.15, -0.1) is 11.3 Å². The minimum absolute atomic E-state index is 0.0542. The lowest BCUT2D eigenvalue weighted by Gasteiger charge is -2.22. The van der Waals surface area contributed by atoms with Crippen LogP contribution in [0.1, 0.15) is 33.5 Å². The summed E-state index contributed by atoms with van der Waals surface area (Å²) in [5.74, 6) is 0.555. The van der Waals surface area contributed by atoms with Gasteiger partial charge < -0.3 is 14.8 Å². The summed E-state index contributed by atoms with van der Waals surface area (Å²) in [6.07, 6.45) is 0.845. The minimum Gasteiger partial charge on any atom is -0.309 e. The molecule has 1 amide bonds. The number of hydrogen-bond donors (Lipinski definition) is 1. The van der Waals surface area contributed by atoms with Gasteiger partial charge in [0.2, 0.25) is 0 Å². The second-order valence-electron chi connectivity index (χ2n) is 7.34. The second kappa shape index (κ2) is 6.58. The maximum absolute atomic E-state index is 13.4. The Kier molecular flexibility index (Phi) is 4.36. The van der Waals surface area contributed by atoms with Crippen molar-refractivity contribution in [3.05, 3.63) is 56.4 Å². The van der Waals surface area contributed by atoms with Gasteiger partial charge in [-0.3, -0.25) is 9.59 Å². The lowest BCUT2D eigenvalue weighted by atomic mass is 10.1. The summed E-state index contributed by atoms with van der Waals surface area (Å²) in [4.78, 5) is 38.4. The van der Waals surface area contributed by atoms with Gasteiger partial charge in [0.25, 0.3) is 11.5 Å². The molecular formula is C20H22N4O2S. The molecule has 3 aromatic rings. The molecule has 0 spiro atoms. The van der Waals surface area contributed by atoms with E-state index in [1.807, 2.05) is 49.0 Å². The molecule has 4 rings (SSSR count). The average molecular weight is 382 g/mol. The average Bonchev–Trinajstić information content (AvgIpc) is 3.10. The van der Waals surface area contributed by atoms with E-state index in [1.165, 1.54) is 16.9 Å². The van der Waals surface area contributed by atoms with Crippen LogP contribution in [-0.2, 0) is 13.0 Å². The highest BCUT2D eigenvalue weighted by Gasteiger charge is 2.33. The number of carbonyl (C=O) groups excluding carboxylic acids is 1. The number of amides is 1. The third-order valence-electron chi connectivity index (χ3n) is 4.94. The van der Waals surface area contributed by atoms with Crippen molar-refractivity contribution < 1.29 is 4.79 Å². The topological polar surface area (TPSA) is 69.3 Å². The molecule has 1 aliphatic rings. The first kappa shape index (κ1) is 17.9. The van der Waals surface area contributed by atoms with E-state index in [0.717, 1.165) is 12.1 Å². The van der Waals surface area contributed by atoms with Gasteiger partial charge in [0.05, 0.1) is 16.8 Å². The minimum atomic E-state index is -0.181.